The van der Waals surface area contributed by atoms with Gasteiger partial charge in [0.05, 0.1) is 36.0 Å². The molecule has 1 fully saturated rings. The Morgan fingerprint density at radius 3 is 2.54 bits per heavy atom. The molecule has 2 aromatic carbocycles. The molecule has 1 aliphatic rings. The second-order valence-corrected chi connectivity index (χ2v) is 9.58. The van der Waals surface area contributed by atoms with Gasteiger partial charge in [0, 0.05) is 29.7 Å². The minimum atomic E-state index is -0.527. The van der Waals surface area contributed by atoms with Crippen molar-refractivity contribution in [3.05, 3.63) is 77.8 Å². The van der Waals surface area contributed by atoms with Gasteiger partial charge in [-0.25, -0.2) is 14.6 Å². The van der Waals surface area contributed by atoms with Gasteiger partial charge in [0.25, 0.3) is 0 Å². The molecule has 4 heterocycles. The van der Waals surface area contributed by atoms with Crippen LogP contribution in [0.5, 0.6) is 5.75 Å². The summed E-state index contributed by atoms with van der Waals surface area (Å²) in [6, 6.07) is 16.2. The standard InChI is InChI=1S/C27H23ClN8O3/c1-16-11-23(32-27(38)17-12-24(37)34(14-17)19-7-9-21(39-2)10-8-19)36(33-16)26-22-13-31-35(25(22)29-15-30-26)20-5-3-18(28)4-6-20/h3-11,13,15,17H,12,14H2,1-2H3,(H,32,38). The van der Waals surface area contributed by atoms with Crippen molar-refractivity contribution in [3.63, 3.8) is 0 Å². The van der Waals surface area contributed by atoms with Gasteiger partial charge in [-0.2, -0.15) is 14.9 Å². The predicted molar refractivity (Wildman–Crippen MR) is 146 cm³/mol. The lowest BCUT2D eigenvalue weighted by Crippen LogP contribution is -2.28. The molecular formula is C27H23ClN8O3. The van der Waals surface area contributed by atoms with Crippen LogP contribution in [0.3, 0.4) is 0 Å². The lowest BCUT2D eigenvalue weighted by atomic mass is 10.1. The number of nitrogens with one attached hydrogen (secondary N) is 1. The molecule has 1 N–H and O–H groups in total. The molecule has 1 unspecified atom stereocenters. The third-order valence-corrected chi connectivity index (χ3v) is 6.83. The van der Waals surface area contributed by atoms with Crippen LogP contribution < -0.4 is 15.0 Å². The highest BCUT2D eigenvalue weighted by molar-refractivity contribution is 6.30. The molecule has 1 aliphatic heterocycles. The van der Waals surface area contributed by atoms with Crippen molar-refractivity contribution in [2.75, 3.05) is 23.9 Å². The molecular weight excluding hydrogens is 520 g/mol. The van der Waals surface area contributed by atoms with Gasteiger partial charge in [0.2, 0.25) is 11.8 Å². The zero-order valence-electron chi connectivity index (χ0n) is 21.1. The third kappa shape index (κ3) is 4.57. The molecule has 1 atom stereocenters. The lowest BCUT2D eigenvalue weighted by molar-refractivity contribution is -0.122. The summed E-state index contributed by atoms with van der Waals surface area (Å²) in [5.41, 5.74) is 2.77. The Morgan fingerprint density at radius 2 is 1.79 bits per heavy atom. The number of carbonyl (C=O) groups is 2. The van der Waals surface area contributed by atoms with Crippen LogP contribution >= 0.6 is 11.6 Å². The number of amides is 2. The Bertz CT molecular complexity index is 1690. The number of nitrogens with zero attached hydrogens (tertiary/aromatic N) is 7. The molecule has 12 heteroatoms. The van der Waals surface area contributed by atoms with Gasteiger partial charge in [0.15, 0.2) is 11.5 Å². The molecule has 196 valence electrons. The molecule has 11 nitrogen and oxygen atoms in total. The second-order valence-electron chi connectivity index (χ2n) is 9.14. The van der Waals surface area contributed by atoms with E-state index in [4.69, 9.17) is 16.3 Å². The highest BCUT2D eigenvalue weighted by Crippen LogP contribution is 2.29. The van der Waals surface area contributed by atoms with Crippen LogP contribution in [0.15, 0.2) is 67.1 Å². The lowest BCUT2D eigenvalue weighted by Gasteiger charge is -2.17. The fourth-order valence-corrected chi connectivity index (χ4v) is 4.77. The van der Waals surface area contributed by atoms with E-state index in [1.54, 1.807) is 70.0 Å². The molecule has 5 aromatic rings. The average Bonchev–Trinajstić information content (AvgIpc) is 3.65. The minimum Gasteiger partial charge on any atom is -0.497 e. The van der Waals surface area contributed by atoms with Crippen molar-refractivity contribution in [1.29, 1.82) is 0 Å². The number of hydrogen-bond acceptors (Lipinski definition) is 7. The van der Waals surface area contributed by atoms with E-state index < -0.39 is 5.92 Å². The molecule has 2 amide bonds. The van der Waals surface area contributed by atoms with Crippen LogP contribution in [-0.2, 0) is 9.59 Å². The number of aromatic nitrogens is 6. The van der Waals surface area contributed by atoms with Gasteiger partial charge in [0.1, 0.15) is 17.9 Å². The van der Waals surface area contributed by atoms with Gasteiger partial charge in [-0.05, 0) is 55.5 Å². The van der Waals surface area contributed by atoms with Gasteiger partial charge in [-0.1, -0.05) is 11.6 Å². The molecule has 1 saturated heterocycles. The van der Waals surface area contributed by atoms with E-state index in [1.165, 1.54) is 6.33 Å². The fourth-order valence-electron chi connectivity index (χ4n) is 4.64. The summed E-state index contributed by atoms with van der Waals surface area (Å²) < 4.78 is 8.44. The highest BCUT2D eigenvalue weighted by atomic mass is 35.5. The summed E-state index contributed by atoms with van der Waals surface area (Å²) >= 11 is 6.04. The van der Waals surface area contributed by atoms with Gasteiger partial charge in [-0.3, -0.25) is 9.59 Å². The summed E-state index contributed by atoms with van der Waals surface area (Å²) in [7, 11) is 1.58. The number of rotatable bonds is 6. The van der Waals surface area contributed by atoms with Gasteiger partial charge >= 0.3 is 0 Å². The number of ether oxygens (including phenoxy) is 1. The van der Waals surface area contributed by atoms with E-state index in [1.807, 2.05) is 19.1 Å². The Kier molecular flexibility index (Phi) is 6.20. The largest absolute Gasteiger partial charge is 0.497 e. The van der Waals surface area contributed by atoms with E-state index in [0.717, 1.165) is 11.4 Å². The van der Waals surface area contributed by atoms with Crippen LogP contribution in [0, 0.1) is 12.8 Å². The SMILES string of the molecule is COc1ccc(N2CC(C(=O)Nc3cc(C)nn3-c3ncnc4c3cnn4-c3ccc(Cl)cc3)CC2=O)cc1. The van der Waals surface area contributed by atoms with Gasteiger partial charge < -0.3 is 15.0 Å². The number of fused-ring (bicyclic) bond motifs is 1. The summed E-state index contributed by atoms with van der Waals surface area (Å²) in [4.78, 5) is 36.5. The Morgan fingerprint density at radius 1 is 1.05 bits per heavy atom. The maximum Gasteiger partial charge on any atom is 0.230 e. The quantitative estimate of drug-likeness (QED) is 0.345. The molecule has 6 rings (SSSR count). The molecule has 0 aliphatic carbocycles. The second kappa shape index (κ2) is 9.84. The molecule has 0 saturated carbocycles. The summed E-state index contributed by atoms with van der Waals surface area (Å²) in [6.07, 6.45) is 3.19. The van der Waals surface area contributed by atoms with Crippen molar-refractivity contribution in [1.82, 2.24) is 29.5 Å². The number of hydrogen-bond donors (Lipinski definition) is 1. The van der Waals surface area contributed by atoms with Crippen LogP contribution in [0.1, 0.15) is 12.1 Å². The molecule has 0 radical (unpaired) electrons. The fraction of sp³-hybridized carbons (Fsp3) is 0.185. The molecule has 39 heavy (non-hydrogen) atoms. The summed E-state index contributed by atoms with van der Waals surface area (Å²) in [5, 5.41) is 13.3. The monoisotopic (exact) mass is 542 g/mol. The Hall–Kier alpha value is -4.77. The minimum absolute atomic E-state index is 0.108. The normalized spacial score (nSPS) is 15.2. The molecule has 0 spiro atoms. The van der Waals surface area contributed by atoms with Crippen molar-refractivity contribution in [2.24, 2.45) is 5.92 Å². The first-order chi connectivity index (χ1) is 18.9. The number of anilines is 2. The molecule has 3 aromatic heterocycles. The van der Waals surface area contributed by atoms with Crippen LogP contribution in [0.4, 0.5) is 11.5 Å². The maximum absolute atomic E-state index is 13.3. The smallest absolute Gasteiger partial charge is 0.230 e. The van der Waals surface area contributed by atoms with E-state index in [-0.39, 0.29) is 24.8 Å². The van der Waals surface area contributed by atoms with Crippen LogP contribution in [0.2, 0.25) is 5.02 Å². The third-order valence-electron chi connectivity index (χ3n) is 6.58. The summed E-state index contributed by atoms with van der Waals surface area (Å²) in [5.74, 6) is 0.681. The number of methoxy groups -OCH3 is 1. The number of halogens is 1. The van der Waals surface area contributed by atoms with Crippen molar-refractivity contribution in [2.45, 2.75) is 13.3 Å². The van der Waals surface area contributed by atoms with E-state index in [2.05, 4.69) is 25.5 Å². The molecule has 0 bridgehead atoms. The predicted octanol–water partition coefficient (Wildman–Crippen LogP) is 3.96. The first-order valence-corrected chi connectivity index (χ1v) is 12.6. The first kappa shape index (κ1) is 24.6. The zero-order valence-corrected chi connectivity index (χ0v) is 21.8. The van der Waals surface area contributed by atoms with Crippen molar-refractivity contribution < 1.29 is 14.3 Å². The zero-order chi connectivity index (χ0) is 27.1. The van der Waals surface area contributed by atoms with Crippen molar-refractivity contribution >= 4 is 46.0 Å². The highest BCUT2D eigenvalue weighted by Gasteiger charge is 2.35. The number of carbonyl (C=O) groups excluding carboxylic acids is 2. The average molecular weight is 543 g/mol. The van der Waals surface area contributed by atoms with E-state index >= 15 is 0 Å². The van der Waals surface area contributed by atoms with Crippen LogP contribution in [0.25, 0.3) is 22.5 Å². The van der Waals surface area contributed by atoms with Gasteiger partial charge in [-0.15, -0.1) is 0 Å². The Labute approximate surface area is 228 Å². The summed E-state index contributed by atoms with van der Waals surface area (Å²) in [6.45, 7) is 2.10. The van der Waals surface area contributed by atoms with Crippen molar-refractivity contribution in [3.8, 4) is 17.3 Å². The Balaban J connectivity index is 1.26. The topological polar surface area (TPSA) is 120 Å². The van der Waals surface area contributed by atoms with E-state index in [0.29, 0.717) is 39.1 Å². The maximum atomic E-state index is 13.3. The van der Waals surface area contributed by atoms with Crippen LogP contribution in [-0.4, -0.2) is 55.0 Å². The number of aryl methyl sites for hydroxylation is 1. The first-order valence-electron chi connectivity index (χ1n) is 12.2. The number of benzene rings is 2. The van der Waals surface area contributed by atoms with E-state index in [9.17, 15) is 9.59 Å².